The van der Waals surface area contributed by atoms with Crippen molar-refractivity contribution in [2.75, 3.05) is 7.11 Å². The van der Waals surface area contributed by atoms with Gasteiger partial charge in [0.1, 0.15) is 23.0 Å². The molecule has 2 N–H and O–H groups in total. The lowest BCUT2D eigenvalue weighted by molar-refractivity contribution is -0.140. The van der Waals surface area contributed by atoms with Crippen LogP contribution < -0.4 is 4.74 Å². The van der Waals surface area contributed by atoms with Crippen LogP contribution in [0.25, 0.3) is 5.76 Å². The van der Waals surface area contributed by atoms with Crippen LogP contribution >= 0.6 is 11.6 Å². The first kappa shape index (κ1) is 23.4. The van der Waals surface area contributed by atoms with Crippen LogP contribution in [0.5, 0.6) is 11.5 Å². The summed E-state index contributed by atoms with van der Waals surface area (Å²) in [7, 11) is 1.56. The van der Waals surface area contributed by atoms with Gasteiger partial charge in [0.05, 0.1) is 36.6 Å². The van der Waals surface area contributed by atoms with E-state index in [2.05, 4.69) is 0 Å². The van der Waals surface area contributed by atoms with E-state index in [-0.39, 0.29) is 34.6 Å². The maximum Gasteiger partial charge on any atom is 0.296 e. The van der Waals surface area contributed by atoms with Crippen LogP contribution in [0.15, 0.2) is 64.8 Å². The Morgan fingerprint density at radius 2 is 1.94 bits per heavy atom. The molecule has 1 aliphatic heterocycles. The number of ketones is 1. The summed E-state index contributed by atoms with van der Waals surface area (Å²) in [4.78, 5) is 27.6. The van der Waals surface area contributed by atoms with Gasteiger partial charge in [0.15, 0.2) is 0 Å². The number of amides is 1. The molecule has 1 aliphatic rings. The predicted octanol–water partition coefficient (Wildman–Crippen LogP) is 5.39. The van der Waals surface area contributed by atoms with Crippen molar-refractivity contribution in [1.82, 2.24) is 4.90 Å². The maximum absolute atomic E-state index is 13.2. The zero-order valence-corrected chi connectivity index (χ0v) is 19.7. The third-order valence-corrected chi connectivity index (χ3v) is 6.16. The van der Waals surface area contributed by atoms with Gasteiger partial charge in [0.2, 0.25) is 0 Å². The van der Waals surface area contributed by atoms with Gasteiger partial charge in [-0.1, -0.05) is 31.5 Å². The third kappa shape index (κ3) is 4.15. The second-order valence-electron chi connectivity index (χ2n) is 8.33. The van der Waals surface area contributed by atoms with Crippen molar-refractivity contribution >= 4 is 29.1 Å². The van der Waals surface area contributed by atoms with Crippen molar-refractivity contribution in [3.8, 4) is 11.5 Å². The van der Waals surface area contributed by atoms with Crippen molar-refractivity contribution in [3.63, 3.8) is 0 Å². The van der Waals surface area contributed by atoms with E-state index >= 15 is 0 Å². The molecule has 0 bridgehead atoms. The number of hydrogen-bond acceptors (Lipinski definition) is 6. The summed E-state index contributed by atoms with van der Waals surface area (Å²) in [5.74, 6) is -0.806. The number of furan rings is 1. The van der Waals surface area contributed by atoms with Crippen LogP contribution in [0.3, 0.4) is 0 Å². The molecule has 0 spiro atoms. The Kier molecular flexibility index (Phi) is 6.39. The quantitative estimate of drug-likeness (QED) is 0.278. The lowest BCUT2D eigenvalue weighted by Crippen LogP contribution is -2.29. The number of halogens is 1. The minimum absolute atomic E-state index is 0.0113. The van der Waals surface area contributed by atoms with E-state index in [9.17, 15) is 19.8 Å². The Hall–Kier alpha value is -3.71. The zero-order chi connectivity index (χ0) is 24.6. The number of Topliss-reactive ketones (excluding diaryl/α,β-unsaturated/α-hetero) is 1. The highest BCUT2D eigenvalue weighted by atomic mass is 35.5. The number of aromatic hydroxyl groups is 1. The highest BCUT2D eigenvalue weighted by molar-refractivity contribution is 6.46. The number of carbonyl (C=O) groups excluding carboxylic acids is 2. The number of hydrogen-bond donors (Lipinski definition) is 2. The summed E-state index contributed by atoms with van der Waals surface area (Å²) in [5.41, 5.74) is 1.63. The molecule has 34 heavy (non-hydrogen) atoms. The average molecular weight is 482 g/mol. The third-order valence-electron chi connectivity index (χ3n) is 5.86. The number of carbonyl (C=O) groups is 2. The molecule has 0 radical (unpaired) electrons. The minimum Gasteiger partial charge on any atom is -0.507 e. The maximum atomic E-state index is 13.2. The molecule has 0 saturated carbocycles. The molecule has 1 aromatic heterocycles. The minimum atomic E-state index is -0.937. The number of ether oxygens (including phenoxy) is 1. The Bertz CT molecular complexity index is 1280. The van der Waals surface area contributed by atoms with E-state index in [0.717, 1.165) is 5.56 Å². The van der Waals surface area contributed by atoms with Gasteiger partial charge in [-0.3, -0.25) is 9.59 Å². The van der Waals surface area contributed by atoms with Crippen LogP contribution in [0.2, 0.25) is 5.02 Å². The highest BCUT2D eigenvalue weighted by Crippen LogP contribution is 2.42. The van der Waals surface area contributed by atoms with Crippen molar-refractivity contribution < 1.29 is 29.0 Å². The molecular formula is C26H24ClNO6. The lowest BCUT2D eigenvalue weighted by Gasteiger charge is -2.25. The van der Waals surface area contributed by atoms with Gasteiger partial charge >= 0.3 is 0 Å². The smallest absolute Gasteiger partial charge is 0.296 e. The first-order valence-electron chi connectivity index (χ1n) is 10.7. The number of aliphatic hydroxyl groups is 1. The summed E-state index contributed by atoms with van der Waals surface area (Å²) in [6, 6.07) is 12.0. The van der Waals surface area contributed by atoms with E-state index in [4.69, 9.17) is 20.8 Å². The second-order valence-corrected chi connectivity index (χ2v) is 8.74. The van der Waals surface area contributed by atoms with E-state index in [1.165, 1.54) is 23.3 Å². The number of rotatable bonds is 6. The largest absolute Gasteiger partial charge is 0.507 e. The number of benzene rings is 2. The van der Waals surface area contributed by atoms with Crippen LogP contribution in [0, 0.1) is 0 Å². The van der Waals surface area contributed by atoms with Crippen LogP contribution in [0.1, 0.15) is 48.3 Å². The average Bonchev–Trinajstić information content (AvgIpc) is 3.42. The predicted molar refractivity (Wildman–Crippen MR) is 127 cm³/mol. The van der Waals surface area contributed by atoms with Crippen LogP contribution in [-0.2, 0) is 16.1 Å². The molecule has 2 heterocycles. The van der Waals surface area contributed by atoms with Gasteiger partial charge in [0.25, 0.3) is 11.7 Å². The van der Waals surface area contributed by atoms with Gasteiger partial charge in [0, 0.05) is 5.56 Å². The standard InChI is InChI=1S/C26H24ClNO6/c1-14(2)18-11-16(7-9-21(18)33-3)24(30)22-23(15-6-8-20(29)19(27)12-15)28(26(32)25(22)31)13-17-5-4-10-34-17/h4-12,14,23,29-30H,13H2,1-3H3/b24-22-. The molecule has 1 amide bonds. The Morgan fingerprint density at radius 1 is 1.18 bits per heavy atom. The lowest BCUT2D eigenvalue weighted by atomic mass is 9.93. The molecule has 7 nitrogen and oxygen atoms in total. The summed E-state index contributed by atoms with van der Waals surface area (Å²) in [6.45, 7) is 3.99. The summed E-state index contributed by atoms with van der Waals surface area (Å²) in [6.07, 6.45) is 1.48. The SMILES string of the molecule is COc1ccc(/C(O)=C2/C(=O)C(=O)N(Cc3ccco3)C2c2ccc(O)c(Cl)c2)cc1C(C)C. The fourth-order valence-corrected chi connectivity index (χ4v) is 4.33. The van der Waals surface area contributed by atoms with Crippen molar-refractivity contribution in [3.05, 3.63) is 87.8 Å². The van der Waals surface area contributed by atoms with Gasteiger partial charge in [-0.15, -0.1) is 0 Å². The van der Waals surface area contributed by atoms with Gasteiger partial charge in [-0.05, 0) is 59.5 Å². The molecule has 3 aromatic rings. The van der Waals surface area contributed by atoms with Crippen LogP contribution in [-0.4, -0.2) is 33.9 Å². The molecule has 2 aromatic carbocycles. The molecule has 176 valence electrons. The van der Waals surface area contributed by atoms with Crippen LogP contribution in [0.4, 0.5) is 0 Å². The Morgan fingerprint density at radius 3 is 2.56 bits per heavy atom. The number of phenols is 1. The zero-order valence-electron chi connectivity index (χ0n) is 18.9. The highest BCUT2D eigenvalue weighted by Gasteiger charge is 2.46. The van der Waals surface area contributed by atoms with Gasteiger partial charge in [-0.25, -0.2) is 0 Å². The normalized spacial score (nSPS) is 17.6. The molecule has 0 aliphatic carbocycles. The molecule has 4 rings (SSSR count). The molecule has 1 atom stereocenters. The Balaban J connectivity index is 1.90. The van der Waals surface area contributed by atoms with E-state index in [0.29, 0.717) is 22.6 Å². The number of likely N-dealkylation sites (tertiary alicyclic amines) is 1. The Labute approximate surface area is 201 Å². The van der Waals surface area contributed by atoms with Crippen molar-refractivity contribution in [2.24, 2.45) is 0 Å². The second kappa shape index (κ2) is 9.27. The van der Waals surface area contributed by atoms with Gasteiger partial charge < -0.3 is 24.3 Å². The molecule has 1 saturated heterocycles. The first-order valence-corrected chi connectivity index (χ1v) is 11.1. The summed E-state index contributed by atoms with van der Waals surface area (Å²) >= 11 is 6.14. The van der Waals surface area contributed by atoms with E-state index in [1.807, 2.05) is 13.8 Å². The first-order chi connectivity index (χ1) is 16.2. The van der Waals surface area contributed by atoms with Gasteiger partial charge in [-0.2, -0.15) is 0 Å². The number of phenolic OH excluding ortho intramolecular Hbond substituents is 1. The summed E-state index contributed by atoms with van der Waals surface area (Å²) < 4.78 is 10.8. The monoisotopic (exact) mass is 481 g/mol. The molecular weight excluding hydrogens is 458 g/mol. The molecule has 1 unspecified atom stereocenters. The van der Waals surface area contributed by atoms with Crippen molar-refractivity contribution in [1.29, 1.82) is 0 Å². The molecule has 8 heteroatoms. The topological polar surface area (TPSA) is 100 Å². The van der Waals surface area contributed by atoms with E-state index < -0.39 is 17.7 Å². The number of nitrogens with zero attached hydrogens (tertiary/aromatic N) is 1. The van der Waals surface area contributed by atoms with E-state index in [1.54, 1.807) is 43.5 Å². The fraction of sp³-hybridized carbons (Fsp3) is 0.231. The number of methoxy groups -OCH3 is 1. The fourth-order valence-electron chi connectivity index (χ4n) is 4.14. The number of aliphatic hydroxyl groups excluding tert-OH is 1. The molecule has 1 fully saturated rings. The summed E-state index contributed by atoms with van der Waals surface area (Å²) in [5, 5.41) is 21.3. The van der Waals surface area contributed by atoms with Crippen molar-refractivity contribution in [2.45, 2.75) is 32.4 Å².